The van der Waals surface area contributed by atoms with Gasteiger partial charge in [-0.15, -0.1) is 0 Å². The fourth-order valence-corrected chi connectivity index (χ4v) is 8.53. The van der Waals surface area contributed by atoms with Crippen LogP contribution < -0.4 is 21.1 Å². The second kappa shape index (κ2) is 7.22. The first-order valence-corrected chi connectivity index (χ1v) is 14.5. The maximum Gasteiger partial charge on any atom is 0.214 e. The van der Waals surface area contributed by atoms with Gasteiger partial charge in [-0.1, -0.05) is 84.9 Å². The van der Waals surface area contributed by atoms with Crippen LogP contribution in [0.4, 0.5) is 0 Å². The van der Waals surface area contributed by atoms with E-state index in [1.807, 2.05) is 13.1 Å². The Bertz CT molecular complexity index is 1130. The summed E-state index contributed by atoms with van der Waals surface area (Å²) in [7, 11) is -3.18. The molecule has 0 atom stereocenters. The fourth-order valence-electron chi connectivity index (χ4n) is 4.59. The van der Waals surface area contributed by atoms with Gasteiger partial charge in [-0.05, 0) is 76.9 Å². The van der Waals surface area contributed by atoms with Gasteiger partial charge in [0.25, 0.3) is 0 Å². The van der Waals surface area contributed by atoms with Gasteiger partial charge in [-0.25, -0.2) is 0 Å². The Morgan fingerprint density at radius 2 is 1.17 bits per heavy atom. The van der Waals surface area contributed by atoms with Crippen LogP contribution in [0, 0.1) is 0 Å². The molecule has 0 spiro atoms. The number of aryl methyl sites for hydroxylation is 2. The van der Waals surface area contributed by atoms with Crippen LogP contribution in [0.2, 0.25) is 13.1 Å². The molecule has 0 aliphatic heterocycles. The van der Waals surface area contributed by atoms with Crippen molar-refractivity contribution in [3.8, 4) is 0 Å². The Morgan fingerprint density at radius 1 is 0.655 bits per heavy atom. The maximum absolute atomic E-state index is 11.2. The van der Waals surface area contributed by atoms with E-state index >= 15 is 0 Å². The number of hydrogen-bond donors (Lipinski definition) is 1. The Labute approximate surface area is 174 Å². The van der Waals surface area contributed by atoms with Crippen molar-refractivity contribution in [3.05, 3.63) is 96.1 Å². The van der Waals surface area contributed by atoms with E-state index in [1.54, 1.807) is 0 Å². The molecule has 0 amide bonds. The van der Waals surface area contributed by atoms with Gasteiger partial charge in [-0.3, -0.25) is 0 Å². The van der Waals surface area contributed by atoms with Crippen LogP contribution >= 0.6 is 7.92 Å². The number of hydrogen-bond acceptors (Lipinski definition) is 1. The summed E-state index contributed by atoms with van der Waals surface area (Å²) in [6, 6.07) is 30.9. The summed E-state index contributed by atoms with van der Waals surface area (Å²) in [5.74, 6) is 0. The van der Waals surface area contributed by atoms with E-state index in [-0.39, 0.29) is 0 Å². The number of rotatable bonds is 4. The molecule has 1 N–H and O–H groups in total. The molecule has 0 heterocycles. The predicted molar refractivity (Wildman–Crippen MR) is 129 cm³/mol. The minimum absolute atomic E-state index is 0.695. The highest BCUT2D eigenvalue weighted by Gasteiger charge is 2.30. The zero-order valence-corrected chi connectivity index (χ0v) is 18.8. The highest BCUT2D eigenvalue weighted by atomic mass is 31.1. The Kier molecular flexibility index (Phi) is 4.67. The Balaban J connectivity index is 1.88. The third-order valence-electron chi connectivity index (χ3n) is 5.90. The summed E-state index contributed by atoms with van der Waals surface area (Å²) in [6.07, 6.45) is 2.22. The summed E-state index contributed by atoms with van der Waals surface area (Å²) in [5.41, 5.74) is 2.88. The van der Waals surface area contributed by atoms with Gasteiger partial charge in [0.2, 0.25) is 8.32 Å². The molecule has 29 heavy (non-hydrogen) atoms. The average Bonchev–Trinajstić information content (AvgIpc) is 3.15. The van der Waals surface area contributed by atoms with Crippen LogP contribution in [-0.2, 0) is 12.8 Å². The van der Waals surface area contributed by atoms with Gasteiger partial charge in [-0.2, -0.15) is 0 Å². The van der Waals surface area contributed by atoms with E-state index < -0.39 is 16.2 Å². The largest absolute Gasteiger partial charge is 0.428 e. The molecule has 1 aliphatic rings. The molecule has 0 unspecified atom stereocenters. The van der Waals surface area contributed by atoms with Crippen molar-refractivity contribution >= 4 is 48.1 Å². The van der Waals surface area contributed by atoms with Crippen molar-refractivity contribution in [2.24, 2.45) is 0 Å². The van der Waals surface area contributed by atoms with E-state index in [1.165, 1.54) is 43.0 Å². The van der Waals surface area contributed by atoms with Crippen LogP contribution in [0.1, 0.15) is 11.1 Å². The van der Waals surface area contributed by atoms with Crippen LogP contribution in [-0.4, -0.2) is 13.1 Å². The van der Waals surface area contributed by atoms with Crippen LogP contribution in [0.15, 0.2) is 84.9 Å². The van der Waals surface area contributed by atoms with Crippen LogP contribution in [0.3, 0.4) is 0 Å². The molecule has 144 valence electrons. The topological polar surface area (TPSA) is 20.2 Å². The predicted octanol–water partition coefficient (Wildman–Crippen LogP) is 4.10. The molecule has 0 bridgehead atoms. The quantitative estimate of drug-likeness (QED) is 0.395. The molecule has 0 radical (unpaired) electrons. The van der Waals surface area contributed by atoms with Gasteiger partial charge in [0, 0.05) is 0 Å². The molecule has 0 saturated carbocycles. The molecule has 1 aliphatic carbocycles. The SMILES string of the molecule is C[Si](C)(O)c1ccc2c3c(ccc(P(c4ccccc4)c4ccccc4)c13)CC2. The van der Waals surface area contributed by atoms with Gasteiger partial charge >= 0.3 is 0 Å². The van der Waals surface area contributed by atoms with Crippen molar-refractivity contribution in [1.29, 1.82) is 0 Å². The number of benzene rings is 4. The van der Waals surface area contributed by atoms with Crippen molar-refractivity contribution in [2.75, 3.05) is 0 Å². The zero-order chi connectivity index (χ0) is 20.0. The maximum atomic E-state index is 11.2. The Morgan fingerprint density at radius 3 is 1.69 bits per heavy atom. The molecule has 0 fully saturated rings. The van der Waals surface area contributed by atoms with Gasteiger partial charge in [0.15, 0.2) is 0 Å². The van der Waals surface area contributed by atoms with E-state index in [2.05, 4.69) is 84.9 Å². The van der Waals surface area contributed by atoms with Gasteiger partial charge < -0.3 is 4.80 Å². The van der Waals surface area contributed by atoms with Crippen molar-refractivity contribution in [1.82, 2.24) is 0 Å². The van der Waals surface area contributed by atoms with Crippen molar-refractivity contribution in [2.45, 2.75) is 25.9 Å². The molecule has 4 aromatic carbocycles. The van der Waals surface area contributed by atoms with Gasteiger partial charge in [0.05, 0.1) is 0 Å². The Hall–Kier alpha value is -2.25. The zero-order valence-electron chi connectivity index (χ0n) is 16.9. The highest BCUT2D eigenvalue weighted by Crippen LogP contribution is 2.39. The molecule has 0 saturated heterocycles. The molecular formula is C26H25OPSi. The second-order valence-corrected chi connectivity index (χ2v) is 14.2. The minimum atomic E-state index is -2.48. The summed E-state index contributed by atoms with van der Waals surface area (Å²) in [6.45, 7) is 4.09. The molecule has 1 nitrogen and oxygen atoms in total. The fraction of sp³-hybridized carbons (Fsp3) is 0.154. The molecule has 5 rings (SSSR count). The smallest absolute Gasteiger partial charge is 0.214 e. The van der Waals surface area contributed by atoms with E-state index in [9.17, 15) is 4.80 Å². The van der Waals surface area contributed by atoms with E-state index in [0.29, 0.717) is 0 Å². The minimum Gasteiger partial charge on any atom is -0.428 e. The van der Waals surface area contributed by atoms with E-state index in [4.69, 9.17) is 0 Å². The molecular weight excluding hydrogens is 387 g/mol. The third-order valence-corrected chi connectivity index (χ3v) is 10.1. The second-order valence-electron chi connectivity index (χ2n) is 8.33. The summed E-state index contributed by atoms with van der Waals surface area (Å²) in [5, 5.41) is 8.01. The van der Waals surface area contributed by atoms with Gasteiger partial charge in [0.1, 0.15) is 0 Å². The summed E-state index contributed by atoms with van der Waals surface area (Å²) in [4.78, 5) is 11.2. The lowest BCUT2D eigenvalue weighted by atomic mass is 10.1. The molecule has 3 heteroatoms. The molecule has 4 aromatic rings. The summed E-state index contributed by atoms with van der Waals surface area (Å²) < 4.78 is 0. The normalized spacial score (nSPS) is 13.4. The van der Waals surface area contributed by atoms with Crippen molar-refractivity contribution in [3.63, 3.8) is 0 Å². The average molecular weight is 413 g/mol. The van der Waals surface area contributed by atoms with Crippen molar-refractivity contribution < 1.29 is 4.80 Å². The van der Waals surface area contributed by atoms with Crippen LogP contribution in [0.25, 0.3) is 10.8 Å². The molecule has 0 aromatic heterocycles. The highest BCUT2D eigenvalue weighted by molar-refractivity contribution is 7.80. The summed E-state index contributed by atoms with van der Waals surface area (Å²) >= 11 is 0. The first kappa shape index (κ1) is 18.8. The van der Waals surface area contributed by atoms with E-state index in [0.717, 1.165) is 12.8 Å². The monoisotopic (exact) mass is 412 g/mol. The first-order chi connectivity index (χ1) is 14.0. The lowest BCUT2D eigenvalue weighted by molar-refractivity contribution is 0.569. The van der Waals surface area contributed by atoms with Crippen LogP contribution in [0.5, 0.6) is 0 Å². The lowest BCUT2D eigenvalue weighted by Gasteiger charge is -2.26. The lowest BCUT2D eigenvalue weighted by Crippen LogP contribution is -2.43. The standard InChI is InChI=1S/C26H25OPSi/c1-29(2,27)24-18-16-20-14-13-19-15-17-23(26(24)25(19)20)28(21-9-5-3-6-10-21)22-11-7-4-8-12-22/h3-12,15-18,27H,13-14H2,1-2H3. The third kappa shape index (κ3) is 3.26. The first-order valence-electron chi connectivity index (χ1n) is 10.2.